The molecule has 2 unspecified atom stereocenters. The van der Waals surface area contributed by atoms with Crippen LogP contribution in [0.25, 0.3) is 0 Å². The number of hydrogen-bond acceptors (Lipinski definition) is 2. The van der Waals surface area contributed by atoms with Gasteiger partial charge in [0.2, 0.25) is 0 Å². The van der Waals surface area contributed by atoms with Gasteiger partial charge in [0.15, 0.2) is 0 Å². The van der Waals surface area contributed by atoms with Crippen molar-refractivity contribution in [3.8, 4) is 0 Å². The molecule has 1 aromatic rings. The Morgan fingerprint density at radius 3 is 2.00 bits per heavy atom. The van der Waals surface area contributed by atoms with Gasteiger partial charge < -0.3 is 10.4 Å². The number of benzene rings is 1. The van der Waals surface area contributed by atoms with Crippen LogP contribution in [-0.4, -0.2) is 17.8 Å². The Morgan fingerprint density at radius 2 is 1.58 bits per heavy atom. The minimum absolute atomic E-state index is 0.158. The lowest BCUT2D eigenvalue weighted by Crippen LogP contribution is -2.38. The van der Waals surface area contributed by atoms with E-state index in [1.165, 1.54) is 11.1 Å². The number of nitrogens with one attached hydrogen (secondary N) is 1. The fourth-order valence-electron chi connectivity index (χ4n) is 2.29. The molecule has 19 heavy (non-hydrogen) atoms. The van der Waals surface area contributed by atoms with E-state index in [0.29, 0.717) is 11.8 Å². The lowest BCUT2D eigenvalue weighted by molar-refractivity contribution is 0.201. The average molecular weight is 263 g/mol. The molecule has 0 saturated carbocycles. The zero-order chi connectivity index (χ0) is 14.4. The molecule has 1 rings (SSSR count). The van der Waals surface area contributed by atoms with Crippen LogP contribution in [0.2, 0.25) is 0 Å². The third-order valence-electron chi connectivity index (χ3n) is 3.59. The number of aliphatic hydroxyl groups excluding tert-OH is 1. The van der Waals surface area contributed by atoms with Gasteiger partial charge in [-0.25, -0.2) is 0 Å². The Hall–Kier alpha value is -0.860. The predicted octanol–water partition coefficient (Wildman–Crippen LogP) is 3.55. The molecule has 0 radical (unpaired) electrons. The second-order valence-corrected chi connectivity index (χ2v) is 6.26. The van der Waals surface area contributed by atoms with Gasteiger partial charge in [-0.15, -0.1) is 0 Å². The fraction of sp³-hybridized carbons (Fsp3) is 0.647. The highest BCUT2D eigenvalue weighted by atomic mass is 16.3. The van der Waals surface area contributed by atoms with Crippen LogP contribution >= 0.6 is 0 Å². The minimum atomic E-state index is 0.158. The van der Waals surface area contributed by atoms with Crippen molar-refractivity contribution in [2.24, 2.45) is 11.8 Å². The third kappa shape index (κ3) is 5.33. The van der Waals surface area contributed by atoms with E-state index in [-0.39, 0.29) is 18.7 Å². The van der Waals surface area contributed by atoms with Crippen molar-refractivity contribution in [1.29, 1.82) is 0 Å². The van der Waals surface area contributed by atoms with E-state index in [1.807, 2.05) is 0 Å². The van der Waals surface area contributed by atoms with E-state index in [9.17, 15) is 5.11 Å². The largest absolute Gasteiger partial charge is 0.395 e. The van der Waals surface area contributed by atoms with Crippen LogP contribution in [0.15, 0.2) is 24.3 Å². The van der Waals surface area contributed by atoms with Gasteiger partial charge in [-0.1, -0.05) is 52.0 Å². The topological polar surface area (TPSA) is 32.3 Å². The van der Waals surface area contributed by atoms with Crippen LogP contribution < -0.4 is 5.32 Å². The number of aliphatic hydroxyl groups is 1. The summed E-state index contributed by atoms with van der Waals surface area (Å²) in [6.45, 7) is 11.1. The van der Waals surface area contributed by atoms with E-state index in [1.54, 1.807) is 0 Å². The van der Waals surface area contributed by atoms with Crippen molar-refractivity contribution < 1.29 is 5.11 Å². The molecule has 2 atom stereocenters. The molecule has 1 aromatic carbocycles. The molecule has 2 N–H and O–H groups in total. The van der Waals surface area contributed by atoms with Gasteiger partial charge >= 0.3 is 0 Å². The summed E-state index contributed by atoms with van der Waals surface area (Å²) in [6, 6.07) is 9.26. The highest BCUT2D eigenvalue weighted by Gasteiger charge is 2.15. The molecule has 108 valence electrons. The van der Waals surface area contributed by atoms with Gasteiger partial charge in [0, 0.05) is 12.1 Å². The lowest BCUT2D eigenvalue weighted by atomic mass is 9.98. The van der Waals surface area contributed by atoms with Crippen molar-refractivity contribution >= 4 is 0 Å². The molecule has 0 bridgehead atoms. The van der Waals surface area contributed by atoms with Crippen molar-refractivity contribution in [2.45, 2.75) is 53.1 Å². The molecule has 2 nitrogen and oxygen atoms in total. The normalized spacial score (nSPS) is 14.9. The summed E-state index contributed by atoms with van der Waals surface area (Å²) < 4.78 is 0. The average Bonchev–Trinajstić information content (AvgIpc) is 2.35. The zero-order valence-electron chi connectivity index (χ0n) is 13.0. The van der Waals surface area contributed by atoms with Crippen LogP contribution in [0.5, 0.6) is 0 Å². The molecule has 0 amide bonds. The van der Waals surface area contributed by atoms with Crippen LogP contribution in [0.4, 0.5) is 0 Å². The van der Waals surface area contributed by atoms with Gasteiger partial charge in [-0.3, -0.25) is 0 Å². The van der Waals surface area contributed by atoms with Gasteiger partial charge in [-0.05, 0) is 36.3 Å². The van der Waals surface area contributed by atoms with Crippen molar-refractivity contribution in [1.82, 2.24) is 5.32 Å². The van der Waals surface area contributed by atoms with E-state index >= 15 is 0 Å². The van der Waals surface area contributed by atoms with Gasteiger partial charge in [0.05, 0.1) is 6.61 Å². The monoisotopic (exact) mass is 263 g/mol. The van der Waals surface area contributed by atoms with Crippen LogP contribution in [0.3, 0.4) is 0 Å². The fourth-order valence-corrected chi connectivity index (χ4v) is 2.29. The first-order chi connectivity index (χ1) is 8.93. The molecule has 2 heteroatoms. The second kappa shape index (κ2) is 7.66. The first-order valence-electron chi connectivity index (χ1n) is 7.39. The summed E-state index contributed by atoms with van der Waals surface area (Å²) in [5.41, 5.74) is 2.68. The summed E-state index contributed by atoms with van der Waals surface area (Å²) in [5.74, 6) is 1.13. The Kier molecular flexibility index (Phi) is 6.53. The first kappa shape index (κ1) is 16.2. The molecule has 0 heterocycles. The summed E-state index contributed by atoms with van der Waals surface area (Å²) in [7, 11) is 0. The quantitative estimate of drug-likeness (QED) is 0.788. The molecular formula is C17H29NO. The second-order valence-electron chi connectivity index (χ2n) is 6.26. The molecular weight excluding hydrogens is 234 g/mol. The Balaban J connectivity index is 2.64. The first-order valence-corrected chi connectivity index (χ1v) is 7.39. The van der Waals surface area contributed by atoms with Gasteiger partial charge in [0.25, 0.3) is 0 Å². The maximum absolute atomic E-state index is 9.37. The maximum Gasteiger partial charge on any atom is 0.0587 e. The Bertz CT molecular complexity index is 356. The predicted molar refractivity (Wildman–Crippen MR) is 82.2 cm³/mol. The van der Waals surface area contributed by atoms with Crippen LogP contribution in [0, 0.1) is 11.8 Å². The van der Waals surface area contributed by atoms with Crippen molar-refractivity contribution in [3.05, 3.63) is 35.4 Å². The standard InChI is InChI=1S/C17H29NO/c1-12(2)10-15-6-8-16(9-7-15)14(5)18-17(11-19)13(3)4/h6-9,12-14,17-19H,10-11H2,1-5H3. The Labute approximate surface area is 118 Å². The molecule has 0 aliphatic carbocycles. The SMILES string of the molecule is CC(C)Cc1ccc(C(C)NC(CO)C(C)C)cc1. The summed E-state index contributed by atoms with van der Waals surface area (Å²) in [4.78, 5) is 0. The van der Waals surface area contributed by atoms with Gasteiger partial charge in [0.1, 0.15) is 0 Å². The molecule has 0 saturated heterocycles. The molecule has 0 spiro atoms. The number of hydrogen-bond donors (Lipinski definition) is 2. The smallest absolute Gasteiger partial charge is 0.0587 e. The number of rotatable bonds is 7. The summed E-state index contributed by atoms with van der Waals surface area (Å²) in [6.07, 6.45) is 1.13. The van der Waals surface area contributed by atoms with E-state index in [2.05, 4.69) is 64.2 Å². The van der Waals surface area contributed by atoms with Crippen molar-refractivity contribution in [2.75, 3.05) is 6.61 Å². The molecule has 0 aromatic heterocycles. The van der Waals surface area contributed by atoms with Crippen LogP contribution in [0.1, 0.15) is 51.8 Å². The van der Waals surface area contributed by atoms with Gasteiger partial charge in [-0.2, -0.15) is 0 Å². The van der Waals surface area contributed by atoms with E-state index in [4.69, 9.17) is 0 Å². The summed E-state index contributed by atoms with van der Waals surface area (Å²) in [5, 5.41) is 12.9. The van der Waals surface area contributed by atoms with E-state index in [0.717, 1.165) is 6.42 Å². The maximum atomic E-state index is 9.37. The summed E-state index contributed by atoms with van der Waals surface area (Å²) >= 11 is 0. The van der Waals surface area contributed by atoms with Crippen molar-refractivity contribution in [3.63, 3.8) is 0 Å². The highest BCUT2D eigenvalue weighted by molar-refractivity contribution is 5.25. The minimum Gasteiger partial charge on any atom is -0.395 e. The molecule has 0 aliphatic heterocycles. The third-order valence-corrected chi connectivity index (χ3v) is 3.59. The van der Waals surface area contributed by atoms with E-state index < -0.39 is 0 Å². The highest BCUT2D eigenvalue weighted by Crippen LogP contribution is 2.17. The van der Waals surface area contributed by atoms with Crippen LogP contribution in [-0.2, 0) is 6.42 Å². The molecule has 0 aliphatic rings. The zero-order valence-corrected chi connectivity index (χ0v) is 13.0. The lowest BCUT2D eigenvalue weighted by Gasteiger charge is -2.25. The molecule has 0 fully saturated rings. The Morgan fingerprint density at radius 1 is 1.00 bits per heavy atom.